The van der Waals surface area contributed by atoms with Crippen LogP contribution >= 0.6 is 0 Å². The van der Waals surface area contributed by atoms with E-state index in [0.717, 1.165) is 30.8 Å². The number of halogens is 3. The molecule has 0 aromatic rings. The molecule has 1 spiro atoms. The monoisotopic (exact) mass is 332 g/mol. The highest BCUT2D eigenvalue weighted by molar-refractivity contribution is 5.79. The number of alkyl halides is 3. The van der Waals surface area contributed by atoms with Crippen LogP contribution in [0.2, 0.25) is 0 Å². The van der Waals surface area contributed by atoms with Crippen LogP contribution < -0.4 is 5.32 Å². The van der Waals surface area contributed by atoms with Crippen LogP contribution in [-0.4, -0.2) is 54.9 Å². The van der Waals surface area contributed by atoms with Crippen LogP contribution in [0.3, 0.4) is 0 Å². The van der Waals surface area contributed by atoms with Gasteiger partial charge in [-0.25, -0.2) is 0 Å². The zero-order valence-corrected chi connectivity index (χ0v) is 13.1. The van der Waals surface area contributed by atoms with Crippen molar-refractivity contribution in [1.29, 1.82) is 0 Å². The quantitative estimate of drug-likeness (QED) is 0.860. The van der Waals surface area contributed by atoms with E-state index in [1.54, 1.807) is 0 Å². The Balaban J connectivity index is 1.41. The fourth-order valence-electron chi connectivity index (χ4n) is 5.45. The minimum atomic E-state index is -4.32. The molecule has 4 nitrogen and oxygen atoms in total. The summed E-state index contributed by atoms with van der Waals surface area (Å²) < 4.78 is 43.5. The molecule has 2 aliphatic carbocycles. The van der Waals surface area contributed by atoms with Crippen molar-refractivity contribution in [2.45, 2.75) is 62.9 Å². The van der Waals surface area contributed by atoms with Gasteiger partial charge in [0, 0.05) is 43.0 Å². The molecule has 0 bridgehead atoms. The lowest BCUT2D eigenvalue weighted by atomic mass is 9.54. The molecule has 2 saturated heterocycles. The Hall–Kier alpha value is -0.820. The van der Waals surface area contributed by atoms with Crippen molar-refractivity contribution in [1.82, 2.24) is 10.2 Å². The summed E-state index contributed by atoms with van der Waals surface area (Å²) in [5.74, 6) is 0.0821. The van der Waals surface area contributed by atoms with E-state index in [9.17, 15) is 18.0 Å². The summed E-state index contributed by atoms with van der Waals surface area (Å²) in [7, 11) is 0. The lowest BCUT2D eigenvalue weighted by Crippen LogP contribution is -2.69. The largest absolute Gasteiger partial charge is 0.406 e. The maximum atomic E-state index is 12.5. The molecule has 4 unspecified atom stereocenters. The number of ether oxygens (including phenoxy) is 1. The van der Waals surface area contributed by atoms with E-state index in [2.05, 4.69) is 5.32 Å². The summed E-state index contributed by atoms with van der Waals surface area (Å²) in [4.78, 5) is 12.8. The molecular formula is C16H23F3N2O2. The molecule has 0 aromatic carbocycles. The van der Waals surface area contributed by atoms with Crippen molar-refractivity contribution in [3.8, 4) is 0 Å². The smallest absolute Gasteiger partial charge is 0.377 e. The summed E-state index contributed by atoms with van der Waals surface area (Å²) >= 11 is 0. The minimum absolute atomic E-state index is 0.158. The number of fused-ring (bicyclic) bond motifs is 2. The first-order valence-electron chi connectivity index (χ1n) is 8.61. The van der Waals surface area contributed by atoms with Crippen LogP contribution in [0, 0.1) is 11.3 Å². The molecule has 2 heterocycles. The van der Waals surface area contributed by atoms with Crippen molar-refractivity contribution in [2.75, 3.05) is 19.7 Å². The molecule has 4 rings (SSSR count). The fraction of sp³-hybridized carbons (Fsp3) is 0.938. The Morgan fingerprint density at radius 1 is 1.30 bits per heavy atom. The first kappa shape index (κ1) is 15.7. The van der Waals surface area contributed by atoms with Gasteiger partial charge >= 0.3 is 6.18 Å². The van der Waals surface area contributed by atoms with Crippen LogP contribution in [0.4, 0.5) is 13.2 Å². The Morgan fingerprint density at radius 3 is 2.74 bits per heavy atom. The summed E-state index contributed by atoms with van der Waals surface area (Å²) in [5, 5.41) is 3.56. The van der Waals surface area contributed by atoms with Crippen molar-refractivity contribution in [3.63, 3.8) is 0 Å². The van der Waals surface area contributed by atoms with Crippen LogP contribution in [0.5, 0.6) is 0 Å². The molecule has 4 fully saturated rings. The van der Waals surface area contributed by atoms with Gasteiger partial charge in [0.25, 0.3) is 0 Å². The van der Waals surface area contributed by atoms with Gasteiger partial charge in [-0.2, -0.15) is 13.2 Å². The number of carbonyl (C=O) groups excluding carboxylic acids is 1. The highest BCUT2D eigenvalue weighted by Gasteiger charge is 2.65. The number of nitrogens with one attached hydrogen (secondary N) is 1. The third-order valence-electron chi connectivity index (χ3n) is 6.29. The Kier molecular flexibility index (Phi) is 3.65. The van der Waals surface area contributed by atoms with Gasteiger partial charge in [0.2, 0.25) is 5.91 Å². The van der Waals surface area contributed by atoms with Gasteiger partial charge in [-0.15, -0.1) is 0 Å². The molecule has 0 aromatic heterocycles. The van der Waals surface area contributed by atoms with Crippen molar-refractivity contribution in [2.24, 2.45) is 11.3 Å². The van der Waals surface area contributed by atoms with E-state index in [1.807, 2.05) is 0 Å². The first-order chi connectivity index (χ1) is 10.9. The molecule has 0 radical (unpaired) electrons. The van der Waals surface area contributed by atoms with E-state index in [1.165, 1.54) is 12.8 Å². The van der Waals surface area contributed by atoms with Gasteiger partial charge in [-0.3, -0.25) is 4.79 Å². The molecule has 4 atom stereocenters. The molecule has 2 aliphatic heterocycles. The fourth-order valence-corrected chi connectivity index (χ4v) is 5.45. The predicted octanol–water partition coefficient (Wildman–Crippen LogP) is 2.09. The van der Waals surface area contributed by atoms with E-state index in [4.69, 9.17) is 4.74 Å². The van der Waals surface area contributed by atoms with Gasteiger partial charge in [0.1, 0.15) is 6.54 Å². The molecule has 23 heavy (non-hydrogen) atoms. The Bertz CT molecular complexity index is 490. The standard InChI is InChI=1S/C16H23F3N2O2/c17-16(18,19)9-21-8-10(7-12(21)22)20-13-11-3-6-23-14(11)15(13)4-1-2-5-15/h10-11,13-14,20H,1-9H2. The zero-order chi connectivity index (χ0) is 16.2. The lowest BCUT2D eigenvalue weighted by Gasteiger charge is -2.57. The molecular weight excluding hydrogens is 309 g/mol. The number of rotatable bonds is 3. The SMILES string of the molecule is O=C1CC(NC2C3CCOC3C23CCCC3)CN1CC(F)(F)F. The van der Waals surface area contributed by atoms with Crippen LogP contribution in [0.1, 0.15) is 38.5 Å². The zero-order valence-electron chi connectivity index (χ0n) is 13.1. The van der Waals surface area contributed by atoms with Crippen LogP contribution in [-0.2, 0) is 9.53 Å². The molecule has 1 amide bonds. The normalized spacial score (nSPS) is 39.1. The number of nitrogens with zero attached hydrogens (tertiary/aromatic N) is 1. The predicted molar refractivity (Wildman–Crippen MR) is 76.7 cm³/mol. The van der Waals surface area contributed by atoms with Gasteiger partial charge in [0.05, 0.1) is 6.10 Å². The molecule has 2 saturated carbocycles. The second-order valence-corrected chi connectivity index (χ2v) is 7.62. The third-order valence-corrected chi connectivity index (χ3v) is 6.29. The number of carbonyl (C=O) groups is 1. The number of amides is 1. The maximum absolute atomic E-state index is 12.5. The van der Waals surface area contributed by atoms with Crippen LogP contribution in [0.25, 0.3) is 0 Å². The topological polar surface area (TPSA) is 41.6 Å². The highest BCUT2D eigenvalue weighted by atomic mass is 19.4. The highest BCUT2D eigenvalue weighted by Crippen LogP contribution is 2.60. The van der Waals surface area contributed by atoms with Crippen molar-refractivity contribution in [3.05, 3.63) is 0 Å². The lowest BCUT2D eigenvalue weighted by molar-refractivity contribution is -0.157. The summed E-state index contributed by atoms with van der Waals surface area (Å²) in [6, 6.07) is 0.148. The number of hydrogen-bond donors (Lipinski definition) is 1. The number of hydrogen-bond acceptors (Lipinski definition) is 3. The Labute approximate surface area is 133 Å². The maximum Gasteiger partial charge on any atom is 0.406 e. The summed E-state index contributed by atoms with van der Waals surface area (Å²) in [6.45, 7) is -0.169. The van der Waals surface area contributed by atoms with Gasteiger partial charge in [-0.1, -0.05) is 12.8 Å². The second-order valence-electron chi connectivity index (χ2n) is 7.62. The van der Waals surface area contributed by atoms with Gasteiger partial charge in [0.15, 0.2) is 0 Å². The van der Waals surface area contributed by atoms with Gasteiger partial charge < -0.3 is 15.0 Å². The van der Waals surface area contributed by atoms with E-state index in [-0.39, 0.29) is 30.3 Å². The van der Waals surface area contributed by atoms with Crippen LogP contribution in [0.15, 0.2) is 0 Å². The molecule has 1 N–H and O–H groups in total. The van der Waals surface area contributed by atoms with E-state index in [0.29, 0.717) is 18.1 Å². The van der Waals surface area contributed by atoms with Gasteiger partial charge in [-0.05, 0) is 19.3 Å². The van der Waals surface area contributed by atoms with Crippen molar-refractivity contribution < 1.29 is 22.7 Å². The first-order valence-corrected chi connectivity index (χ1v) is 8.61. The van der Waals surface area contributed by atoms with Crippen molar-refractivity contribution >= 4 is 5.91 Å². The third kappa shape index (κ3) is 2.56. The Morgan fingerprint density at radius 2 is 2.04 bits per heavy atom. The number of likely N-dealkylation sites (tertiary alicyclic amines) is 1. The average molecular weight is 332 g/mol. The van der Waals surface area contributed by atoms with E-state index >= 15 is 0 Å². The molecule has 7 heteroatoms. The minimum Gasteiger partial charge on any atom is -0.377 e. The average Bonchev–Trinajstić information content (AvgIpc) is 3.14. The summed E-state index contributed by atoms with van der Waals surface area (Å²) in [5.41, 5.74) is 0.168. The molecule has 4 aliphatic rings. The second kappa shape index (κ2) is 5.34. The molecule has 130 valence electrons. The van der Waals surface area contributed by atoms with E-state index < -0.39 is 12.7 Å². The summed E-state index contributed by atoms with van der Waals surface area (Å²) in [6.07, 6.45) is 1.89.